The summed E-state index contributed by atoms with van der Waals surface area (Å²) in [5.74, 6) is -0.905. The molecule has 0 fully saturated rings. The van der Waals surface area contributed by atoms with E-state index in [0.29, 0.717) is 11.0 Å². The van der Waals surface area contributed by atoms with Gasteiger partial charge in [0.15, 0.2) is 0 Å². The Bertz CT molecular complexity index is 692. The minimum Gasteiger partial charge on any atom is -0.464 e. The van der Waals surface area contributed by atoms with Crippen LogP contribution in [-0.4, -0.2) is 28.3 Å². The van der Waals surface area contributed by atoms with Crippen LogP contribution in [0.1, 0.15) is 30.5 Å². The van der Waals surface area contributed by atoms with Crippen molar-refractivity contribution in [3.8, 4) is 0 Å². The zero-order valence-corrected chi connectivity index (χ0v) is 12.6. The Morgan fingerprint density at radius 3 is 2.55 bits per heavy atom. The van der Waals surface area contributed by atoms with Gasteiger partial charge in [0.05, 0.1) is 30.4 Å². The Morgan fingerprint density at radius 2 is 1.95 bits per heavy atom. The quantitative estimate of drug-likeness (QED) is 0.808. The molecule has 1 heterocycles. The summed E-state index contributed by atoms with van der Waals surface area (Å²) in [6.45, 7) is 5.33. The molecule has 0 N–H and O–H groups in total. The Balaban J connectivity index is 2.51. The number of carbonyl (C=O) groups is 1. The normalized spacial score (nSPS) is 13.4. The number of halogens is 3. The lowest BCUT2D eigenvalue weighted by Crippen LogP contribution is -2.27. The summed E-state index contributed by atoms with van der Waals surface area (Å²) < 4.78 is 44.4. The molecule has 0 bridgehead atoms. The molecular formula is C15H17F3N2O2. The van der Waals surface area contributed by atoms with E-state index >= 15 is 0 Å². The largest absolute Gasteiger partial charge is 0.464 e. The standard InChI is InChI=1S/C15H17F3N2O2/c1-4-22-14(21)13(7-15(16,17)18)20-8-19-11-5-9(2)10(3)6-12(11)20/h5-6,8,13H,4,7H2,1-3H3. The number of rotatable bonds is 4. The number of hydrogen-bond donors (Lipinski definition) is 0. The average molecular weight is 314 g/mol. The van der Waals surface area contributed by atoms with Crippen LogP contribution in [-0.2, 0) is 9.53 Å². The van der Waals surface area contributed by atoms with E-state index in [4.69, 9.17) is 4.74 Å². The van der Waals surface area contributed by atoms with E-state index in [-0.39, 0.29) is 6.61 Å². The second-order valence-corrected chi connectivity index (χ2v) is 5.16. The lowest BCUT2D eigenvalue weighted by molar-refractivity contribution is -0.165. The maximum absolute atomic E-state index is 12.8. The van der Waals surface area contributed by atoms with Crippen LogP contribution in [0.2, 0.25) is 0 Å². The first-order valence-electron chi connectivity index (χ1n) is 6.90. The third kappa shape index (κ3) is 3.40. The lowest BCUT2D eigenvalue weighted by Gasteiger charge is -2.19. The van der Waals surface area contributed by atoms with Crippen molar-refractivity contribution < 1.29 is 22.7 Å². The van der Waals surface area contributed by atoms with Gasteiger partial charge in [0.2, 0.25) is 0 Å². The maximum Gasteiger partial charge on any atom is 0.391 e. The Morgan fingerprint density at radius 1 is 1.32 bits per heavy atom. The van der Waals surface area contributed by atoms with Crippen LogP contribution in [0.25, 0.3) is 11.0 Å². The first-order chi connectivity index (χ1) is 10.2. The second kappa shape index (κ2) is 5.98. The average Bonchev–Trinajstić information content (AvgIpc) is 2.78. The number of hydrogen-bond acceptors (Lipinski definition) is 3. The highest BCUT2D eigenvalue weighted by molar-refractivity contribution is 5.81. The number of carbonyl (C=O) groups excluding carboxylic acids is 1. The number of fused-ring (bicyclic) bond motifs is 1. The first kappa shape index (κ1) is 16.3. The van der Waals surface area contributed by atoms with E-state index in [1.807, 2.05) is 13.8 Å². The summed E-state index contributed by atoms with van der Waals surface area (Å²) in [4.78, 5) is 16.0. The van der Waals surface area contributed by atoms with E-state index in [1.54, 1.807) is 19.1 Å². The monoisotopic (exact) mass is 314 g/mol. The molecule has 0 saturated carbocycles. The van der Waals surface area contributed by atoms with Gasteiger partial charge in [-0.2, -0.15) is 13.2 Å². The fraction of sp³-hybridized carbons (Fsp3) is 0.467. The molecule has 1 aromatic carbocycles. The van der Waals surface area contributed by atoms with Crippen LogP contribution in [0.5, 0.6) is 0 Å². The zero-order valence-electron chi connectivity index (χ0n) is 12.6. The topological polar surface area (TPSA) is 44.1 Å². The molecule has 0 aliphatic carbocycles. The van der Waals surface area contributed by atoms with E-state index < -0.39 is 24.6 Å². The summed E-state index contributed by atoms with van der Waals surface area (Å²) >= 11 is 0. The highest BCUT2D eigenvalue weighted by Crippen LogP contribution is 2.31. The minimum atomic E-state index is -4.48. The summed E-state index contributed by atoms with van der Waals surface area (Å²) in [5.41, 5.74) is 2.95. The van der Waals surface area contributed by atoms with Crippen molar-refractivity contribution in [3.63, 3.8) is 0 Å². The summed E-state index contributed by atoms with van der Waals surface area (Å²) in [6, 6.07) is 2.06. The number of ether oxygens (including phenoxy) is 1. The summed E-state index contributed by atoms with van der Waals surface area (Å²) in [5, 5.41) is 0. The van der Waals surface area contributed by atoms with Gasteiger partial charge in [-0.3, -0.25) is 0 Å². The van der Waals surface area contributed by atoms with Gasteiger partial charge in [0.1, 0.15) is 6.04 Å². The number of benzene rings is 1. The fourth-order valence-corrected chi connectivity index (χ4v) is 2.28. The van der Waals surface area contributed by atoms with E-state index in [1.165, 1.54) is 10.9 Å². The molecular weight excluding hydrogens is 297 g/mol. The van der Waals surface area contributed by atoms with Crippen molar-refractivity contribution in [2.24, 2.45) is 0 Å². The number of imidazole rings is 1. The molecule has 1 unspecified atom stereocenters. The molecule has 0 aliphatic heterocycles. The van der Waals surface area contributed by atoms with E-state index in [2.05, 4.69) is 4.98 Å². The second-order valence-electron chi connectivity index (χ2n) is 5.16. The fourth-order valence-electron chi connectivity index (χ4n) is 2.28. The molecule has 0 spiro atoms. The predicted molar refractivity (Wildman–Crippen MR) is 75.5 cm³/mol. The molecule has 2 aromatic rings. The number of aromatic nitrogens is 2. The first-order valence-corrected chi connectivity index (χ1v) is 6.90. The van der Waals surface area contributed by atoms with Crippen molar-refractivity contribution in [2.45, 2.75) is 39.4 Å². The van der Waals surface area contributed by atoms with Crippen molar-refractivity contribution in [2.75, 3.05) is 6.61 Å². The molecule has 0 amide bonds. The third-order valence-corrected chi connectivity index (χ3v) is 3.51. The SMILES string of the molecule is CCOC(=O)C(CC(F)(F)F)n1cnc2cc(C)c(C)cc21. The van der Waals surface area contributed by atoms with Crippen LogP contribution in [0.3, 0.4) is 0 Å². The predicted octanol–water partition coefficient (Wildman–Crippen LogP) is 3.71. The van der Waals surface area contributed by atoms with Gasteiger partial charge in [0.25, 0.3) is 0 Å². The number of aryl methyl sites for hydroxylation is 2. The minimum absolute atomic E-state index is 0.0258. The van der Waals surface area contributed by atoms with Crippen LogP contribution in [0.4, 0.5) is 13.2 Å². The van der Waals surface area contributed by atoms with Gasteiger partial charge < -0.3 is 9.30 Å². The van der Waals surface area contributed by atoms with Crippen molar-refractivity contribution in [1.82, 2.24) is 9.55 Å². The third-order valence-electron chi connectivity index (χ3n) is 3.51. The van der Waals surface area contributed by atoms with Crippen LogP contribution in [0.15, 0.2) is 18.5 Å². The van der Waals surface area contributed by atoms with Gasteiger partial charge in [0, 0.05) is 0 Å². The highest BCUT2D eigenvalue weighted by atomic mass is 19.4. The van der Waals surface area contributed by atoms with Crippen LogP contribution >= 0.6 is 0 Å². The summed E-state index contributed by atoms with van der Waals surface area (Å²) in [6.07, 6.45) is -4.51. The molecule has 2 rings (SSSR count). The van der Waals surface area contributed by atoms with Crippen LogP contribution < -0.4 is 0 Å². The molecule has 120 valence electrons. The molecule has 4 nitrogen and oxygen atoms in total. The van der Waals surface area contributed by atoms with E-state index in [9.17, 15) is 18.0 Å². The molecule has 1 aromatic heterocycles. The van der Waals surface area contributed by atoms with Crippen molar-refractivity contribution in [3.05, 3.63) is 29.6 Å². The highest BCUT2D eigenvalue weighted by Gasteiger charge is 2.37. The smallest absolute Gasteiger partial charge is 0.391 e. The van der Waals surface area contributed by atoms with Gasteiger partial charge in [-0.1, -0.05) is 0 Å². The van der Waals surface area contributed by atoms with Crippen molar-refractivity contribution in [1.29, 1.82) is 0 Å². The summed E-state index contributed by atoms with van der Waals surface area (Å²) in [7, 11) is 0. The Hall–Kier alpha value is -2.05. The molecule has 22 heavy (non-hydrogen) atoms. The number of esters is 1. The molecule has 0 radical (unpaired) electrons. The van der Waals surface area contributed by atoms with E-state index in [0.717, 1.165) is 11.1 Å². The lowest BCUT2D eigenvalue weighted by atomic mass is 10.1. The maximum atomic E-state index is 12.8. The van der Waals surface area contributed by atoms with Gasteiger partial charge >= 0.3 is 12.1 Å². The molecule has 0 aliphatic rings. The number of nitrogens with zero attached hydrogens (tertiary/aromatic N) is 2. The number of alkyl halides is 3. The van der Waals surface area contributed by atoms with Gasteiger partial charge in [-0.25, -0.2) is 9.78 Å². The Kier molecular flexibility index (Phi) is 4.44. The van der Waals surface area contributed by atoms with Gasteiger partial charge in [-0.05, 0) is 44.0 Å². The molecule has 7 heteroatoms. The van der Waals surface area contributed by atoms with Gasteiger partial charge in [-0.15, -0.1) is 0 Å². The zero-order chi connectivity index (χ0) is 16.5. The molecule has 0 saturated heterocycles. The van der Waals surface area contributed by atoms with Crippen LogP contribution in [0, 0.1) is 13.8 Å². The van der Waals surface area contributed by atoms with Crippen molar-refractivity contribution >= 4 is 17.0 Å². The molecule has 1 atom stereocenters. The Labute approximate surface area is 125 Å².